The van der Waals surface area contributed by atoms with Crippen LogP contribution in [0.5, 0.6) is 0 Å². The molecule has 0 aromatic heterocycles. The van der Waals surface area contributed by atoms with Crippen LogP contribution in [0.2, 0.25) is 0 Å². The highest BCUT2D eigenvalue weighted by molar-refractivity contribution is 5.86. The summed E-state index contributed by atoms with van der Waals surface area (Å²) in [7, 11) is 0. The summed E-state index contributed by atoms with van der Waals surface area (Å²) in [6.07, 6.45) is 0.394. The van der Waals surface area contributed by atoms with Gasteiger partial charge in [-0.2, -0.15) is 5.06 Å². The van der Waals surface area contributed by atoms with E-state index in [4.69, 9.17) is 9.94 Å². The number of rotatable bonds is 2. The molecular weight excluding hydrogens is 198 g/mol. The van der Waals surface area contributed by atoms with E-state index in [9.17, 15) is 9.59 Å². The second kappa shape index (κ2) is 4.28. The van der Waals surface area contributed by atoms with E-state index in [-0.39, 0.29) is 12.2 Å². The van der Waals surface area contributed by atoms with Crippen molar-refractivity contribution in [3.63, 3.8) is 0 Å². The summed E-state index contributed by atoms with van der Waals surface area (Å²) in [6.45, 7) is 5.90. The number of aliphatic carboxylic acids is 1. The smallest absolute Gasteiger partial charge is 0.323 e. The summed E-state index contributed by atoms with van der Waals surface area (Å²) < 4.78 is 0. The average Bonchev–Trinajstić information content (AvgIpc) is 2.05. The molecule has 1 aliphatic heterocycles. The van der Waals surface area contributed by atoms with E-state index in [1.165, 1.54) is 5.06 Å². The minimum absolute atomic E-state index is 0.0174. The van der Waals surface area contributed by atoms with Crippen LogP contribution in [0, 0.1) is 0 Å². The van der Waals surface area contributed by atoms with Crippen LogP contribution < -0.4 is 0 Å². The highest BCUT2D eigenvalue weighted by Gasteiger charge is 2.35. The van der Waals surface area contributed by atoms with Gasteiger partial charge < -0.3 is 5.11 Å². The van der Waals surface area contributed by atoms with Crippen molar-refractivity contribution >= 4 is 11.8 Å². The quantitative estimate of drug-likeness (QED) is 0.739. The molecule has 1 saturated heterocycles. The van der Waals surface area contributed by atoms with E-state index >= 15 is 0 Å². The molecule has 0 saturated carbocycles. The van der Waals surface area contributed by atoms with Crippen molar-refractivity contribution in [1.82, 2.24) is 5.06 Å². The van der Waals surface area contributed by atoms with Crippen LogP contribution in [-0.4, -0.2) is 40.1 Å². The summed E-state index contributed by atoms with van der Waals surface area (Å²) in [4.78, 5) is 27.6. The van der Waals surface area contributed by atoms with Gasteiger partial charge in [-0.05, 0) is 20.8 Å². The Labute approximate surface area is 89.0 Å². The summed E-state index contributed by atoms with van der Waals surface area (Å²) in [5.41, 5.74) is -0.436. The van der Waals surface area contributed by atoms with Crippen molar-refractivity contribution in [2.45, 2.75) is 45.3 Å². The first-order valence-corrected chi connectivity index (χ1v) is 5.00. The molecule has 15 heavy (non-hydrogen) atoms. The Kier molecular flexibility index (Phi) is 3.46. The van der Waals surface area contributed by atoms with Crippen molar-refractivity contribution in [3.8, 4) is 0 Å². The summed E-state index contributed by atoms with van der Waals surface area (Å²) in [5, 5.41) is 10.4. The second-order valence-corrected chi connectivity index (χ2v) is 4.69. The third-order valence-electron chi connectivity index (χ3n) is 2.06. The van der Waals surface area contributed by atoms with Crippen molar-refractivity contribution in [1.29, 1.82) is 0 Å². The lowest BCUT2D eigenvalue weighted by molar-refractivity contribution is -0.255. The molecule has 0 radical (unpaired) electrons. The largest absolute Gasteiger partial charge is 0.480 e. The van der Waals surface area contributed by atoms with Crippen molar-refractivity contribution in [2.24, 2.45) is 0 Å². The zero-order chi connectivity index (χ0) is 11.6. The van der Waals surface area contributed by atoms with Gasteiger partial charge in [-0.3, -0.25) is 14.4 Å². The summed E-state index contributed by atoms with van der Waals surface area (Å²) >= 11 is 0. The Balaban J connectivity index is 2.69. The third kappa shape index (κ3) is 3.60. The molecule has 1 fully saturated rings. The van der Waals surface area contributed by atoms with Crippen LogP contribution in [0.25, 0.3) is 0 Å². The first kappa shape index (κ1) is 12.1. The van der Waals surface area contributed by atoms with E-state index in [2.05, 4.69) is 0 Å². The molecule has 1 aliphatic rings. The molecule has 5 heteroatoms. The minimum atomic E-state index is -1.01. The molecule has 5 nitrogen and oxygen atoms in total. The first-order chi connectivity index (χ1) is 6.79. The van der Waals surface area contributed by atoms with E-state index < -0.39 is 17.6 Å². The van der Waals surface area contributed by atoms with Crippen molar-refractivity contribution < 1.29 is 19.5 Å². The van der Waals surface area contributed by atoms with E-state index in [1.807, 2.05) is 20.8 Å². The predicted molar refractivity (Wildman–Crippen MR) is 53.2 cm³/mol. The Hall–Kier alpha value is -0.940. The van der Waals surface area contributed by atoms with Gasteiger partial charge in [0.15, 0.2) is 0 Å². The number of hydrogen-bond donors (Lipinski definition) is 1. The fourth-order valence-electron chi connectivity index (χ4n) is 1.48. The molecular formula is C10H17NO4. The van der Waals surface area contributed by atoms with Gasteiger partial charge in [0.05, 0.1) is 5.60 Å². The number of ketones is 1. The van der Waals surface area contributed by atoms with Gasteiger partial charge in [-0.25, -0.2) is 0 Å². The number of carboxylic acid groups (broad SMARTS) is 1. The van der Waals surface area contributed by atoms with Gasteiger partial charge in [-0.1, -0.05) is 0 Å². The number of hydrogen-bond acceptors (Lipinski definition) is 4. The van der Waals surface area contributed by atoms with Crippen LogP contribution in [0.3, 0.4) is 0 Å². The first-order valence-electron chi connectivity index (χ1n) is 5.00. The molecule has 1 unspecified atom stereocenters. The molecule has 1 atom stereocenters. The van der Waals surface area contributed by atoms with Gasteiger partial charge in [-0.15, -0.1) is 0 Å². The van der Waals surface area contributed by atoms with E-state index in [0.717, 1.165) is 0 Å². The SMILES string of the molecule is CC(C)(C)ON1CCC(=O)CC1C(=O)O. The average molecular weight is 215 g/mol. The number of hydroxylamine groups is 2. The zero-order valence-electron chi connectivity index (χ0n) is 9.32. The molecule has 0 aromatic carbocycles. The fourth-order valence-corrected chi connectivity index (χ4v) is 1.48. The molecule has 0 aromatic rings. The lowest BCUT2D eigenvalue weighted by Gasteiger charge is -2.36. The maximum Gasteiger partial charge on any atom is 0.323 e. The number of piperidine rings is 1. The third-order valence-corrected chi connectivity index (χ3v) is 2.06. The van der Waals surface area contributed by atoms with E-state index in [0.29, 0.717) is 13.0 Å². The highest BCUT2D eigenvalue weighted by Crippen LogP contribution is 2.20. The predicted octanol–water partition coefficient (Wildman–Crippen LogP) is 0.835. The molecule has 1 rings (SSSR count). The normalized spacial score (nSPS) is 24.2. The number of carbonyl (C=O) groups excluding carboxylic acids is 1. The fraction of sp³-hybridized carbons (Fsp3) is 0.800. The van der Waals surface area contributed by atoms with Gasteiger partial charge in [0.2, 0.25) is 0 Å². The monoisotopic (exact) mass is 215 g/mol. The maximum atomic E-state index is 11.1. The highest BCUT2D eigenvalue weighted by atomic mass is 16.7. The van der Waals surface area contributed by atoms with Crippen molar-refractivity contribution in [3.05, 3.63) is 0 Å². The molecule has 86 valence electrons. The minimum Gasteiger partial charge on any atom is -0.480 e. The summed E-state index contributed by atoms with van der Waals surface area (Å²) in [5.74, 6) is -1.02. The Bertz CT molecular complexity index is 269. The molecule has 1 N–H and O–H groups in total. The number of carbonyl (C=O) groups is 2. The molecule has 1 heterocycles. The molecule has 0 bridgehead atoms. The maximum absolute atomic E-state index is 11.1. The topological polar surface area (TPSA) is 66.8 Å². The Morgan fingerprint density at radius 1 is 1.53 bits per heavy atom. The number of carboxylic acids is 1. The Morgan fingerprint density at radius 2 is 2.13 bits per heavy atom. The lowest BCUT2D eigenvalue weighted by Crippen LogP contribution is -2.50. The van der Waals surface area contributed by atoms with Crippen LogP contribution in [0.1, 0.15) is 33.6 Å². The van der Waals surface area contributed by atoms with Gasteiger partial charge >= 0.3 is 5.97 Å². The number of Topliss-reactive ketones (excluding diaryl/α,β-unsaturated/α-hetero) is 1. The standard InChI is InChI=1S/C10H17NO4/c1-10(2,3)15-11-5-4-7(12)6-8(11)9(13)14/h8H,4-6H2,1-3H3,(H,13,14). The molecule has 0 aliphatic carbocycles. The van der Waals surface area contributed by atoms with Crippen LogP contribution in [0.4, 0.5) is 0 Å². The Morgan fingerprint density at radius 3 is 2.60 bits per heavy atom. The zero-order valence-corrected chi connectivity index (χ0v) is 9.32. The van der Waals surface area contributed by atoms with Crippen molar-refractivity contribution in [2.75, 3.05) is 6.54 Å². The van der Waals surface area contributed by atoms with Gasteiger partial charge in [0.1, 0.15) is 11.8 Å². The number of nitrogens with zero attached hydrogens (tertiary/aromatic N) is 1. The molecule has 0 spiro atoms. The van der Waals surface area contributed by atoms with Gasteiger partial charge in [0, 0.05) is 19.4 Å². The van der Waals surface area contributed by atoms with Gasteiger partial charge in [0.25, 0.3) is 0 Å². The van der Waals surface area contributed by atoms with Crippen LogP contribution in [-0.2, 0) is 14.4 Å². The lowest BCUT2D eigenvalue weighted by atomic mass is 10.0. The second-order valence-electron chi connectivity index (χ2n) is 4.69. The van der Waals surface area contributed by atoms with E-state index in [1.54, 1.807) is 0 Å². The van der Waals surface area contributed by atoms with Crippen LogP contribution in [0.15, 0.2) is 0 Å². The van der Waals surface area contributed by atoms with Crippen LogP contribution >= 0.6 is 0 Å². The summed E-state index contributed by atoms with van der Waals surface area (Å²) in [6, 6.07) is -0.842. The molecule has 0 amide bonds.